The third kappa shape index (κ3) is 4.51. The molecule has 7 heteroatoms. The number of hydrogen-bond donors (Lipinski definition) is 1. The summed E-state index contributed by atoms with van der Waals surface area (Å²) < 4.78 is 0. The highest BCUT2D eigenvalue weighted by Crippen LogP contribution is 2.32. The molecule has 4 heterocycles. The molecule has 1 atom stereocenters. The predicted octanol–water partition coefficient (Wildman–Crippen LogP) is 4.00. The maximum atomic E-state index is 12.9. The number of amides is 1. The number of likely N-dealkylation sites (tertiary alicyclic amines) is 1. The van der Waals surface area contributed by atoms with Gasteiger partial charge < -0.3 is 10.2 Å². The van der Waals surface area contributed by atoms with E-state index in [0.717, 1.165) is 35.5 Å². The van der Waals surface area contributed by atoms with Gasteiger partial charge in [-0.05, 0) is 56.0 Å². The second kappa shape index (κ2) is 8.82. The van der Waals surface area contributed by atoms with Crippen molar-refractivity contribution in [3.05, 3.63) is 77.6 Å². The third-order valence-electron chi connectivity index (χ3n) is 5.09. The van der Waals surface area contributed by atoms with Crippen molar-refractivity contribution in [1.29, 1.82) is 0 Å². The van der Waals surface area contributed by atoms with Gasteiger partial charge in [0, 0.05) is 37.3 Å². The molecule has 1 unspecified atom stereocenters. The molecule has 1 amide bonds. The fraction of sp³-hybridized carbons (Fsp3) is 0.261. The maximum Gasteiger partial charge on any atom is 0.247 e. The molecular weight excluding hydrogens is 376 g/mol. The summed E-state index contributed by atoms with van der Waals surface area (Å²) in [5.41, 5.74) is 2.78. The van der Waals surface area contributed by atoms with E-state index in [4.69, 9.17) is 0 Å². The van der Waals surface area contributed by atoms with Gasteiger partial charge in [0.1, 0.15) is 17.5 Å². The van der Waals surface area contributed by atoms with Crippen LogP contribution >= 0.6 is 0 Å². The van der Waals surface area contributed by atoms with Crippen LogP contribution in [-0.2, 0) is 4.79 Å². The van der Waals surface area contributed by atoms with E-state index in [9.17, 15) is 4.79 Å². The number of carbonyl (C=O) groups is 1. The van der Waals surface area contributed by atoms with Crippen molar-refractivity contribution < 1.29 is 4.79 Å². The molecule has 0 saturated carbocycles. The SMILES string of the molecule is Cc1nc(Nc2ncccc2C)cc(C2CCCN2C(=O)/C=C/c2cccnc2)n1. The van der Waals surface area contributed by atoms with E-state index in [1.54, 1.807) is 30.7 Å². The van der Waals surface area contributed by atoms with Crippen LogP contribution in [0.25, 0.3) is 6.08 Å². The van der Waals surface area contributed by atoms with Crippen LogP contribution < -0.4 is 5.32 Å². The lowest BCUT2D eigenvalue weighted by Gasteiger charge is -2.23. The molecule has 1 fully saturated rings. The number of rotatable bonds is 5. The first-order valence-corrected chi connectivity index (χ1v) is 10.0. The fourth-order valence-electron chi connectivity index (χ4n) is 3.64. The van der Waals surface area contributed by atoms with Crippen molar-refractivity contribution >= 4 is 23.6 Å². The van der Waals surface area contributed by atoms with Gasteiger partial charge in [-0.3, -0.25) is 9.78 Å². The highest BCUT2D eigenvalue weighted by atomic mass is 16.2. The van der Waals surface area contributed by atoms with Crippen LogP contribution in [0.3, 0.4) is 0 Å². The van der Waals surface area contributed by atoms with Crippen molar-refractivity contribution in [2.45, 2.75) is 32.7 Å². The van der Waals surface area contributed by atoms with Gasteiger partial charge in [0.05, 0.1) is 11.7 Å². The van der Waals surface area contributed by atoms with Gasteiger partial charge in [-0.25, -0.2) is 15.0 Å². The molecule has 152 valence electrons. The Balaban J connectivity index is 1.55. The maximum absolute atomic E-state index is 12.9. The molecule has 1 aliphatic heterocycles. The highest BCUT2D eigenvalue weighted by molar-refractivity contribution is 5.92. The summed E-state index contributed by atoms with van der Waals surface area (Å²) in [6.45, 7) is 4.58. The Morgan fingerprint density at radius 3 is 2.87 bits per heavy atom. The first kappa shape index (κ1) is 19.7. The number of aromatic nitrogens is 4. The van der Waals surface area contributed by atoms with E-state index in [2.05, 4.69) is 25.3 Å². The average molecular weight is 400 g/mol. The monoisotopic (exact) mass is 400 g/mol. The Morgan fingerprint density at radius 2 is 2.07 bits per heavy atom. The largest absolute Gasteiger partial charge is 0.331 e. The molecule has 3 aromatic rings. The van der Waals surface area contributed by atoms with E-state index in [1.807, 2.05) is 49.1 Å². The van der Waals surface area contributed by atoms with Gasteiger partial charge in [-0.2, -0.15) is 0 Å². The van der Waals surface area contributed by atoms with Crippen molar-refractivity contribution in [2.24, 2.45) is 0 Å². The van der Waals surface area contributed by atoms with Gasteiger partial charge in [0.15, 0.2) is 0 Å². The lowest BCUT2D eigenvalue weighted by molar-refractivity contribution is -0.126. The number of nitrogens with one attached hydrogen (secondary N) is 1. The Kier molecular flexibility index (Phi) is 5.79. The van der Waals surface area contributed by atoms with E-state index in [-0.39, 0.29) is 11.9 Å². The summed E-state index contributed by atoms with van der Waals surface area (Å²) in [6, 6.07) is 9.52. The van der Waals surface area contributed by atoms with Crippen molar-refractivity contribution in [2.75, 3.05) is 11.9 Å². The summed E-state index contributed by atoms with van der Waals surface area (Å²) in [4.78, 5) is 32.3. The molecular formula is C23H24N6O. The Morgan fingerprint density at radius 1 is 1.20 bits per heavy atom. The van der Waals surface area contributed by atoms with E-state index < -0.39 is 0 Å². The lowest BCUT2D eigenvalue weighted by atomic mass is 10.1. The quantitative estimate of drug-likeness (QED) is 0.652. The van der Waals surface area contributed by atoms with E-state index >= 15 is 0 Å². The zero-order valence-electron chi connectivity index (χ0n) is 17.1. The van der Waals surface area contributed by atoms with Crippen LogP contribution in [-0.4, -0.2) is 37.3 Å². The lowest BCUT2D eigenvalue weighted by Crippen LogP contribution is -2.29. The smallest absolute Gasteiger partial charge is 0.247 e. The molecule has 1 saturated heterocycles. The highest BCUT2D eigenvalue weighted by Gasteiger charge is 2.30. The average Bonchev–Trinajstić information content (AvgIpc) is 3.24. The van der Waals surface area contributed by atoms with Crippen LogP contribution in [0, 0.1) is 13.8 Å². The molecule has 30 heavy (non-hydrogen) atoms. The number of pyridine rings is 2. The summed E-state index contributed by atoms with van der Waals surface area (Å²) in [6.07, 6.45) is 10.4. The third-order valence-corrected chi connectivity index (χ3v) is 5.09. The molecule has 3 aromatic heterocycles. The van der Waals surface area contributed by atoms with Crippen LogP contribution in [0.1, 0.15) is 41.5 Å². The van der Waals surface area contributed by atoms with Crippen LogP contribution in [0.5, 0.6) is 0 Å². The van der Waals surface area contributed by atoms with Gasteiger partial charge in [-0.1, -0.05) is 12.1 Å². The summed E-state index contributed by atoms with van der Waals surface area (Å²) in [5, 5.41) is 3.28. The zero-order chi connectivity index (χ0) is 20.9. The first-order valence-electron chi connectivity index (χ1n) is 10.0. The molecule has 1 aliphatic rings. The van der Waals surface area contributed by atoms with Gasteiger partial charge in [0.25, 0.3) is 0 Å². The van der Waals surface area contributed by atoms with Crippen LogP contribution in [0.4, 0.5) is 11.6 Å². The summed E-state index contributed by atoms with van der Waals surface area (Å²) in [7, 11) is 0. The standard InChI is InChI=1S/C23H24N6O/c1-16-6-3-12-25-23(16)28-21-14-19(26-17(2)27-21)20-8-5-13-29(20)22(30)10-9-18-7-4-11-24-15-18/h3-4,6-7,9-12,14-15,20H,5,8,13H2,1-2H3,(H,25,26,27,28)/b10-9+. The van der Waals surface area contributed by atoms with Crippen molar-refractivity contribution in [3.8, 4) is 0 Å². The van der Waals surface area contributed by atoms with Gasteiger partial charge in [0.2, 0.25) is 5.91 Å². The van der Waals surface area contributed by atoms with Gasteiger partial charge in [-0.15, -0.1) is 0 Å². The molecule has 0 spiro atoms. The van der Waals surface area contributed by atoms with Crippen LogP contribution in [0.15, 0.2) is 55.0 Å². The van der Waals surface area contributed by atoms with E-state index in [1.165, 1.54) is 0 Å². The summed E-state index contributed by atoms with van der Waals surface area (Å²) in [5.74, 6) is 2.09. The molecule has 4 rings (SSSR count). The van der Waals surface area contributed by atoms with Crippen molar-refractivity contribution in [1.82, 2.24) is 24.8 Å². The van der Waals surface area contributed by atoms with Crippen LogP contribution in [0.2, 0.25) is 0 Å². The topological polar surface area (TPSA) is 83.9 Å². The number of carbonyl (C=O) groups excluding carboxylic acids is 1. The van der Waals surface area contributed by atoms with Gasteiger partial charge >= 0.3 is 0 Å². The van der Waals surface area contributed by atoms with E-state index in [0.29, 0.717) is 18.2 Å². The normalized spacial score (nSPS) is 16.2. The number of aryl methyl sites for hydroxylation is 2. The predicted molar refractivity (Wildman–Crippen MR) is 116 cm³/mol. The Hall–Kier alpha value is -3.61. The second-order valence-electron chi connectivity index (χ2n) is 7.33. The molecule has 0 radical (unpaired) electrons. The zero-order valence-corrected chi connectivity index (χ0v) is 17.1. The number of nitrogens with zero attached hydrogens (tertiary/aromatic N) is 5. The van der Waals surface area contributed by atoms with Crippen molar-refractivity contribution in [3.63, 3.8) is 0 Å². The number of hydrogen-bond acceptors (Lipinski definition) is 6. The Bertz CT molecular complexity index is 1070. The minimum absolute atomic E-state index is 0.0206. The number of anilines is 2. The molecule has 0 aliphatic carbocycles. The molecule has 0 bridgehead atoms. The first-order chi connectivity index (χ1) is 14.6. The fourth-order valence-corrected chi connectivity index (χ4v) is 3.64. The molecule has 0 aromatic carbocycles. The Labute approximate surface area is 175 Å². The minimum atomic E-state index is -0.0665. The minimum Gasteiger partial charge on any atom is -0.331 e. The molecule has 7 nitrogen and oxygen atoms in total. The second-order valence-corrected chi connectivity index (χ2v) is 7.33. The molecule has 1 N–H and O–H groups in total. The summed E-state index contributed by atoms with van der Waals surface area (Å²) >= 11 is 0.